The van der Waals surface area contributed by atoms with Crippen LogP contribution in [-0.2, 0) is 11.2 Å². The van der Waals surface area contributed by atoms with Crippen molar-refractivity contribution in [1.29, 1.82) is 0 Å². The van der Waals surface area contributed by atoms with Crippen LogP contribution in [0.25, 0.3) is 21.7 Å². The van der Waals surface area contributed by atoms with E-state index in [0.717, 1.165) is 19.4 Å². The summed E-state index contributed by atoms with van der Waals surface area (Å²) in [7, 11) is 0. The second kappa shape index (κ2) is 5.15. The Kier molecular flexibility index (Phi) is 3.15. The summed E-state index contributed by atoms with van der Waals surface area (Å²) in [6, 6.07) is 11.1. The van der Waals surface area contributed by atoms with Gasteiger partial charge in [-0.25, -0.2) is 4.68 Å². The first-order chi connectivity index (χ1) is 10.4. The van der Waals surface area contributed by atoms with Crippen molar-refractivity contribution < 1.29 is 4.74 Å². The predicted octanol–water partition coefficient (Wildman–Crippen LogP) is 4.45. The Morgan fingerprint density at radius 3 is 3.00 bits per heavy atom. The molecule has 1 unspecified atom stereocenters. The van der Waals surface area contributed by atoms with E-state index in [0.29, 0.717) is 0 Å². The van der Waals surface area contributed by atoms with E-state index in [4.69, 9.17) is 4.74 Å². The van der Waals surface area contributed by atoms with E-state index in [1.54, 1.807) is 0 Å². The average molecular weight is 280 g/mol. The van der Waals surface area contributed by atoms with Gasteiger partial charge in [0.15, 0.2) is 6.23 Å². The normalized spacial score (nSPS) is 19.4. The minimum absolute atomic E-state index is 0.100. The Bertz CT molecular complexity index is 784. The third kappa shape index (κ3) is 2.12. The van der Waals surface area contributed by atoms with Crippen molar-refractivity contribution in [3.63, 3.8) is 0 Å². The lowest BCUT2D eigenvalue weighted by molar-refractivity contribution is -0.0366. The fourth-order valence-electron chi connectivity index (χ4n) is 3.34. The molecule has 3 aromatic rings. The number of ether oxygens (including phenoxy) is 1. The van der Waals surface area contributed by atoms with E-state index in [1.165, 1.54) is 40.1 Å². The standard InChI is InChI=1S/C18H20N2O/c1-2-13-6-5-7-14-11-17-15(10-16(13)14)12-19-20(17)18-8-3-4-9-21-18/h5-7,10-12,18H,2-4,8-9H2,1H3. The molecule has 4 rings (SSSR count). The van der Waals surface area contributed by atoms with E-state index in [2.05, 4.69) is 47.0 Å². The third-order valence-electron chi connectivity index (χ3n) is 4.50. The van der Waals surface area contributed by atoms with Crippen LogP contribution in [0.1, 0.15) is 38.0 Å². The summed E-state index contributed by atoms with van der Waals surface area (Å²) in [6.45, 7) is 3.05. The minimum atomic E-state index is 0.100. The fraction of sp³-hybridized carbons (Fsp3) is 0.389. The van der Waals surface area contributed by atoms with Crippen molar-refractivity contribution in [2.75, 3.05) is 6.61 Å². The average Bonchev–Trinajstić information content (AvgIpc) is 2.96. The molecule has 2 heterocycles. The van der Waals surface area contributed by atoms with Gasteiger partial charge in [0, 0.05) is 12.0 Å². The highest BCUT2D eigenvalue weighted by molar-refractivity contribution is 5.98. The van der Waals surface area contributed by atoms with Crippen molar-refractivity contribution in [3.8, 4) is 0 Å². The summed E-state index contributed by atoms with van der Waals surface area (Å²) in [4.78, 5) is 0. The molecule has 1 aliphatic heterocycles. The van der Waals surface area contributed by atoms with Gasteiger partial charge < -0.3 is 4.74 Å². The molecule has 0 spiro atoms. The smallest absolute Gasteiger partial charge is 0.150 e. The highest BCUT2D eigenvalue weighted by Gasteiger charge is 2.18. The number of aryl methyl sites for hydroxylation is 1. The minimum Gasteiger partial charge on any atom is -0.356 e. The summed E-state index contributed by atoms with van der Waals surface area (Å²) in [5.41, 5.74) is 2.58. The zero-order chi connectivity index (χ0) is 14.2. The Morgan fingerprint density at radius 1 is 1.24 bits per heavy atom. The Morgan fingerprint density at radius 2 is 2.19 bits per heavy atom. The molecular weight excluding hydrogens is 260 g/mol. The van der Waals surface area contributed by atoms with E-state index in [1.807, 2.05) is 6.20 Å². The Hall–Kier alpha value is -1.87. The van der Waals surface area contributed by atoms with Crippen LogP contribution < -0.4 is 0 Å². The quantitative estimate of drug-likeness (QED) is 0.693. The molecule has 0 saturated carbocycles. The highest BCUT2D eigenvalue weighted by Crippen LogP contribution is 2.30. The largest absolute Gasteiger partial charge is 0.356 e. The topological polar surface area (TPSA) is 27.1 Å². The third-order valence-corrected chi connectivity index (χ3v) is 4.50. The van der Waals surface area contributed by atoms with Crippen LogP contribution in [-0.4, -0.2) is 16.4 Å². The monoisotopic (exact) mass is 280 g/mol. The first-order valence-electron chi connectivity index (χ1n) is 7.87. The van der Waals surface area contributed by atoms with Crippen LogP contribution >= 0.6 is 0 Å². The van der Waals surface area contributed by atoms with E-state index in [-0.39, 0.29) is 6.23 Å². The molecule has 1 atom stereocenters. The van der Waals surface area contributed by atoms with Crippen LogP contribution in [0.2, 0.25) is 0 Å². The number of benzene rings is 2. The molecule has 1 aromatic heterocycles. The number of hydrogen-bond donors (Lipinski definition) is 0. The number of rotatable bonds is 2. The van der Waals surface area contributed by atoms with E-state index < -0.39 is 0 Å². The molecule has 3 nitrogen and oxygen atoms in total. The van der Waals surface area contributed by atoms with Crippen LogP contribution in [0.3, 0.4) is 0 Å². The SMILES string of the molecule is CCc1cccc2cc3c(cnn3C3CCCCO3)cc12. The second-order valence-electron chi connectivity index (χ2n) is 5.81. The second-order valence-corrected chi connectivity index (χ2v) is 5.81. The maximum absolute atomic E-state index is 5.89. The molecular formula is C18H20N2O. The van der Waals surface area contributed by atoms with Gasteiger partial charge >= 0.3 is 0 Å². The zero-order valence-corrected chi connectivity index (χ0v) is 12.4. The molecule has 0 N–H and O–H groups in total. The predicted molar refractivity (Wildman–Crippen MR) is 85.5 cm³/mol. The molecule has 1 saturated heterocycles. The molecule has 108 valence electrons. The van der Waals surface area contributed by atoms with Gasteiger partial charge in [-0.05, 0) is 54.2 Å². The number of aromatic nitrogens is 2. The molecule has 0 radical (unpaired) electrons. The van der Waals surface area contributed by atoms with Crippen molar-refractivity contribution >= 4 is 21.7 Å². The maximum Gasteiger partial charge on any atom is 0.150 e. The molecule has 1 fully saturated rings. The molecule has 0 bridgehead atoms. The van der Waals surface area contributed by atoms with Crippen LogP contribution in [0, 0.1) is 0 Å². The molecule has 2 aromatic carbocycles. The van der Waals surface area contributed by atoms with Crippen molar-refractivity contribution in [2.24, 2.45) is 0 Å². The molecule has 0 aliphatic carbocycles. The fourth-order valence-corrected chi connectivity index (χ4v) is 3.34. The number of nitrogens with zero attached hydrogens (tertiary/aromatic N) is 2. The Balaban J connectivity index is 1.89. The zero-order valence-electron chi connectivity index (χ0n) is 12.4. The van der Waals surface area contributed by atoms with Gasteiger partial charge in [-0.3, -0.25) is 0 Å². The summed E-state index contributed by atoms with van der Waals surface area (Å²) < 4.78 is 7.95. The van der Waals surface area contributed by atoms with E-state index >= 15 is 0 Å². The number of fused-ring (bicyclic) bond motifs is 2. The summed E-state index contributed by atoms with van der Waals surface area (Å²) >= 11 is 0. The van der Waals surface area contributed by atoms with Gasteiger partial charge in [0.05, 0.1) is 11.7 Å². The van der Waals surface area contributed by atoms with Gasteiger partial charge in [0.25, 0.3) is 0 Å². The van der Waals surface area contributed by atoms with Crippen LogP contribution in [0.4, 0.5) is 0 Å². The highest BCUT2D eigenvalue weighted by atomic mass is 16.5. The van der Waals surface area contributed by atoms with Gasteiger partial charge in [-0.2, -0.15) is 5.10 Å². The summed E-state index contributed by atoms with van der Waals surface area (Å²) in [6.07, 6.45) is 6.58. The lowest BCUT2D eigenvalue weighted by atomic mass is 10.0. The van der Waals surface area contributed by atoms with Gasteiger partial charge in [0.2, 0.25) is 0 Å². The summed E-state index contributed by atoms with van der Waals surface area (Å²) in [5.74, 6) is 0. The van der Waals surface area contributed by atoms with Gasteiger partial charge in [-0.15, -0.1) is 0 Å². The van der Waals surface area contributed by atoms with Crippen LogP contribution in [0.15, 0.2) is 36.5 Å². The van der Waals surface area contributed by atoms with Gasteiger partial charge in [-0.1, -0.05) is 25.1 Å². The first-order valence-corrected chi connectivity index (χ1v) is 7.87. The van der Waals surface area contributed by atoms with E-state index in [9.17, 15) is 0 Å². The molecule has 3 heteroatoms. The van der Waals surface area contributed by atoms with Crippen LogP contribution in [0.5, 0.6) is 0 Å². The van der Waals surface area contributed by atoms with Crippen molar-refractivity contribution in [2.45, 2.75) is 38.8 Å². The first kappa shape index (κ1) is 12.8. The lowest BCUT2D eigenvalue weighted by Gasteiger charge is -2.23. The number of hydrogen-bond acceptors (Lipinski definition) is 2. The van der Waals surface area contributed by atoms with Crippen molar-refractivity contribution in [1.82, 2.24) is 9.78 Å². The molecule has 0 amide bonds. The maximum atomic E-state index is 5.89. The summed E-state index contributed by atoms with van der Waals surface area (Å²) in [5, 5.41) is 8.43. The Labute approximate surface area is 124 Å². The van der Waals surface area contributed by atoms with Crippen molar-refractivity contribution in [3.05, 3.63) is 42.1 Å². The van der Waals surface area contributed by atoms with Gasteiger partial charge in [0.1, 0.15) is 0 Å². The molecule has 1 aliphatic rings. The molecule has 21 heavy (non-hydrogen) atoms. The lowest BCUT2D eigenvalue weighted by Crippen LogP contribution is -2.18.